The van der Waals surface area contributed by atoms with Crippen LogP contribution in [0.25, 0.3) is 6.08 Å². The van der Waals surface area contributed by atoms with E-state index in [0.29, 0.717) is 12.5 Å². The summed E-state index contributed by atoms with van der Waals surface area (Å²) >= 11 is 0. The van der Waals surface area contributed by atoms with Gasteiger partial charge in [-0.3, -0.25) is 9.59 Å². The van der Waals surface area contributed by atoms with Crippen molar-refractivity contribution in [3.05, 3.63) is 71.6 Å². The zero-order valence-electron chi connectivity index (χ0n) is 17.4. The first-order chi connectivity index (χ1) is 15.0. The van der Waals surface area contributed by atoms with Crippen LogP contribution < -0.4 is 5.32 Å². The molecule has 1 saturated heterocycles. The molecule has 2 amide bonds. The number of nitrogens with zero attached hydrogens (tertiary/aromatic N) is 2. The maximum atomic E-state index is 13.0. The number of hydrogen-bond donors (Lipinski definition) is 1. The molecule has 1 N–H and O–H groups in total. The van der Waals surface area contributed by atoms with E-state index in [4.69, 9.17) is 0 Å². The van der Waals surface area contributed by atoms with Gasteiger partial charge < -0.3 is 10.2 Å². The lowest BCUT2D eigenvalue weighted by atomic mass is 9.91. The monoisotopic (exact) mass is 427 g/mol. The molecule has 31 heavy (non-hydrogen) atoms. The van der Waals surface area contributed by atoms with Gasteiger partial charge in [0.25, 0.3) is 5.91 Å². The molecular formula is C24H27F2N3O2. The largest absolute Gasteiger partial charge is 0.353 e. The average molecular weight is 427 g/mol. The summed E-state index contributed by atoms with van der Waals surface area (Å²) in [5, 5.41) is 2.78. The van der Waals surface area contributed by atoms with E-state index in [-0.39, 0.29) is 17.4 Å². The number of halogens is 2. The summed E-state index contributed by atoms with van der Waals surface area (Å²) in [7, 11) is 0. The van der Waals surface area contributed by atoms with Gasteiger partial charge in [0.05, 0.1) is 0 Å². The summed E-state index contributed by atoms with van der Waals surface area (Å²) in [6.45, 7) is 2.12. The molecule has 0 aliphatic carbocycles. The molecule has 0 spiro atoms. The van der Waals surface area contributed by atoms with Crippen LogP contribution in [0.2, 0.25) is 0 Å². The maximum absolute atomic E-state index is 13.0. The van der Waals surface area contributed by atoms with E-state index < -0.39 is 11.9 Å². The summed E-state index contributed by atoms with van der Waals surface area (Å²) in [6, 6.07) is 11.5. The smallest absolute Gasteiger partial charge is 0.253 e. The quantitative estimate of drug-likeness (QED) is 0.390. The number of piperidine rings is 1. The molecule has 2 aromatic rings. The third kappa shape index (κ3) is 7.27. The molecule has 1 fully saturated rings. The van der Waals surface area contributed by atoms with E-state index >= 15 is 0 Å². The first kappa shape index (κ1) is 22.6. The van der Waals surface area contributed by atoms with E-state index in [1.807, 2.05) is 35.2 Å². The number of pyridine rings is 1. The number of benzene rings is 1. The van der Waals surface area contributed by atoms with E-state index in [1.165, 1.54) is 12.2 Å². The Hall–Kier alpha value is -3.09. The fraction of sp³-hybridized carbons (Fsp3) is 0.375. The third-order valence-corrected chi connectivity index (χ3v) is 5.47. The minimum Gasteiger partial charge on any atom is -0.353 e. The number of nitrogens with one attached hydrogen (secondary N) is 1. The highest BCUT2D eigenvalue weighted by Crippen LogP contribution is 2.23. The highest BCUT2D eigenvalue weighted by molar-refractivity contribution is 5.94. The molecule has 0 saturated carbocycles. The molecule has 1 aromatic carbocycles. The Morgan fingerprint density at radius 2 is 1.74 bits per heavy atom. The highest BCUT2D eigenvalue weighted by Gasteiger charge is 2.23. The molecule has 0 atom stereocenters. The standard InChI is InChI=1S/C24H27F2N3O2/c25-21-16-19(17-22(26)28-21)9-10-23(30)27-13-5-4-6-18-11-14-29(15-12-18)24(31)20-7-2-1-3-8-20/h1-3,7-10,16-18H,4-6,11-15H2,(H,27,30)/b10-9+. The van der Waals surface area contributed by atoms with Crippen molar-refractivity contribution in [1.29, 1.82) is 0 Å². The first-order valence-electron chi connectivity index (χ1n) is 10.6. The van der Waals surface area contributed by atoms with Gasteiger partial charge in [0.2, 0.25) is 17.8 Å². The average Bonchev–Trinajstić information content (AvgIpc) is 2.77. The Labute approximate surface area is 181 Å². The second-order valence-corrected chi connectivity index (χ2v) is 7.77. The predicted molar refractivity (Wildman–Crippen MR) is 115 cm³/mol. The lowest BCUT2D eigenvalue weighted by Gasteiger charge is -2.32. The van der Waals surface area contributed by atoms with Crippen LogP contribution in [-0.2, 0) is 4.79 Å². The van der Waals surface area contributed by atoms with Crippen molar-refractivity contribution in [3.8, 4) is 0 Å². The Bertz CT molecular complexity index is 890. The molecule has 1 aliphatic heterocycles. The van der Waals surface area contributed by atoms with E-state index in [9.17, 15) is 18.4 Å². The van der Waals surface area contributed by atoms with Crippen molar-refractivity contribution in [2.45, 2.75) is 32.1 Å². The Balaban J connectivity index is 1.29. The summed E-state index contributed by atoms with van der Waals surface area (Å²) in [5.74, 6) is -1.44. The lowest BCUT2D eigenvalue weighted by molar-refractivity contribution is -0.116. The van der Waals surface area contributed by atoms with Gasteiger partial charge in [-0.2, -0.15) is 13.8 Å². The second-order valence-electron chi connectivity index (χ2n) is 7.77. The first-order valence-corrected chi connectivity index (χ1v) is 10.6. The number of rotatable bonds is 8. The summed E-state index contributed by atoms with van der Waals surface area (Å²) < 4.78 is 26.1. The minimum absolute atomic E-state index is 0.104. The van der Waals surface area contributed by atoms with Crippen molar-refractivity contribution in [1.82, 2.24) is 15.2 Å². The summed E-state index contributed by atoms with van der Waals surface area (Å²) in [6.07, 6.45) is 7.57. The molecule has 0 radical (unpaired) electrons. The molecule has 5 nitrogen and oxygen atoms in total. The third-order valence-electron chi connectivity index (χ3n) is 5.47. The number of carbonyl (C=O) groups is 2. The Morgan fingerprint density at radius 3 is 2.42 bits per heavy atom. The van der Waals surface area contributed by atoms with Gasteiger partial charge >= 0.3 is 0 Å². The zero-order valence-corrected chi connectivity index (χ0v) is 17.4. The van der Waals surface area contributed by atoms with E-state index in [0.717, 1.165) is 62.9 Å². The van der Waals surface area contributed by atoms with Crippen molar-refractivity contribution in [3.63, 3.8) is 0 Å². The van der Waals surface area contributed by atoms with Crippen molar-refractivity contribution in [2.75, 3.05) is 19.6 Å². The molecule has 164 valence electrons. The Morgan fingerprint density at radius 1 is 1.06 bits per heavy atom. The van der Waals surface area contributed by atoms with Crippen molar-refractivity contribution < 1.29 is 18.4 Å². The van der Waals surface area contributed by atoms with E-state index in [1.54, 1.807) is 0 Å². The zero-order chi connectivity index (χ0) is 22.1. The lowest BCUT2D eigenvalue weighted by Crippen LogP contribution is -2.38. The molecule has 1 aromatic heterocycles. The predicted octanol–water partition coefficient (Wildman–Crippen LogP) is 4.21. The minimum atomic E-state index is -0.921. The summed E-state index contributed by atoms with van der Waals surface area (Å²) in [4.78, 5) is 29.3. The van der Waals surface area contributed by atoms with Crippen molar-refractivity contribution in [2.24, 2.45) is 5.92 Å². The maximum Gasteiger partial charge on any atom is 0.253 e. The molecule has 1 aliphatic rings. The van der Waals surface area contributed by atoms with Crippen LogP contribution in [0.4, 0.5) is 8.78 Å². The van der Waals surface area contributed by atoms with Crippen LogP contribution in [0.3, 0.4) is 0 Å². The number of aromatic nitrogens is 1. The Kier molecular flexibility index (Phi) is 8.27. The van der Waals surface area contributed by atoms with Gasteiger partial charge in [0.15, 0.2) is 0 Å². The molecule has 3 rings (SSSR count). The van der Waals surface area contributed by atoms with Gasteiger partial charge in [-0.25, -0.2) is 0 Å². The molecule has 0 bridgehead atoms. The van der Waals surface area contributed by atoms with E-state index in [2.05, 4.69) is 10.3 Å². The van der Waals surface area contributed by atoms with Crippen LogP contribution in [0.1, 0.15) is 48.0 Å². The fourth-order valence-electron chi connectivity index (χ4n) is 3.77. The van der Waals surface area contributed by atoms with Crippen molar-refractivity contribution >= 4 is 17.9 Å². The van der Waals surface area contributed by atoms with Crippen LogP contribution >= 0.6 is 0 Å². The SMILES string of the molecule is O=C(/C=C/c1cc(F)nc(F)c1)NCCCCC1CCN(C(=O)c2ccccc2)CC1. The fourth-order valence-corrected chi connectivity index (χ4v) is 3.77. The molecule has 0 unspecified atom stereocenters. The summed E-state index contributed by atoms with van der Waals surface area (Å²) in [5.41, 5.74) is 0.988. The normalized spacial score (nSPS) is 14.7. The van der Waals surface area contributed by atoms with Crippen LogP contribution in [0.15, 0.2) is 48.5 Å². The van der Waals surface area contributed by atoms with Crippen LogP contribution in [-0.4, -0.2) is 41.3 Å². The number of likely N-dealkylation sites (tertiary alicyclic amines) is 1. The number of amides is 2. The highest BCUT2D eigenvalue weighted by atomic mass is 19.1. The second kappa shape index (κ2) is 11.3. The molecule has 7 heteroatoms. The molecule has 2 heterocycles. The van der Waals surface area contributed by atoms with Crippen LogP contribution in [0, 0.1) is 17.8 Å². The number of unbranched alkanes of at least 4 members (excludes halogenated alkanes) is 1. The van der Waals surface area contributed by atoms with Gasteiger partial charge in [-0.15, -0.1) is 0 Å². The number of carbonyl (C=O) groups excluding carboxylic acids is 2. The van der Waals surface area contributed by atoms with Gasteiger partial charge in [-0.1, -0.05) is 31.0 Å². The van der Waals surface area contributed by atoms with Gasteiger partial charge in [0.1, 0.15) is 0 Å². The number of hydrogen-bond acceptors (Lipinski definition) is 3. The van der Waals surface area contributed by atoms with Gasteiger partial charge in [0, 0.05) is 43.4 Å². The van der Waals surface area contributed by atoms with Gasteiger partial charge in [-0.05, 0) is 49.0 Å². The van der Waals surface area contributed by atoms with Crippen LogP contribution in [0.5, 0.6) is 0 Å². The molecular weight excluding hydrogens is 400 g/mol. The topological polar surface area (TPSA) is 62.3 Å².